The highest BCUT2D eigenvalue weighted by Gasteiger charge is 1.97. The number of rotatable bonds is 5. The van der Waals surface area contributed by atoms with Crippen LogP contribution in [0.15, 0.2) is 30.3 Å². The van der Waals surface area contributed by atoms with Gasteiger partial charge in [0.25, 0.3) is 0 Å². The Hall–Kier alpha value is -1.15. The average molecular weight is 176 g/mol. The van der Waals surface area contributed by atoms with Gasteiger partial charge in [-0.3, -0.25) is 4.79 Å². The van der Waals surface area contributed by atoms with Crippen LogP contribution in [0, 0.1) is 0 Å². The highest BCUT2D eigenvalue weighted by Crippen LogP contribution is 1.98. The largest absolute Gasteiger partial charge is 0.307 e. The van der Waals surface area contributed by atoms with E-state index >= 15 is 0 Å². The highest BCUT2D eigenvalue weighted by molar-refractivity contribution is 5.57. The van der Waals surface area contributed by atoms with Crippen LogP contribution in [0.5, 0.6) is 0 Å². The summed E-state index contributed by atoms with van der Waals surface area (Å²) in [6.45, 7) is 2.62. The Balaban J connectivity index is 2.24. The number of carbonyl (C=O) groups excluding carboxylic acids is 1. The summed E-state index contributed by atoms with van der Waals surface area (Å²) in [6, 6.07) is 10.0. The number of nitrogens with one attached hydrogen (secondary N) is 1. The van der Waals surface area contributed by atoms with E-state index in [9.17, 15) is 4.79 Å². The van der Waals surface area contributed by atoms with E-state index in [4.69, 9.17) is 0 Å². The normalized spacial score (nSPS) is 12.4. The Labute approximate surface area is 79.0 Å². The fraction of sp³-hybridized carbons (Fsp3) is 0.364. The molecule has 1 unspecified atom stereocenters. The first-order valence-electron chi connectivity index (χ1n) is 4.48. The van der Waals surface area contributed by atoms with Crippen molar-refractivity contribution in [2.75, 3.05) is 6.54 Å². The van der Waals surface area contributed by atoms with Gasteiger partial charge in [0.1, 0.15) is 0 Å². The maximum Gasteiger partial charge on any atom is 0.216 e. The van der Waals surface area contributed by atoms with E-state index in [2.05, 4.69) is 17.4 Å². The summed E-state index contributed by atoms with van der Waals surface area (Å²) in [7, 11) is 0. The molecule has 0 aliphatic carbocycles. The smallest absolute Gasteiger partial charge is 0.216 e. The predicted octanol–water partition coefficient (Wildman–Crippen LogP) is 1.32. The molecule has 0 saturated heterocycles. The number of hydrogen-bond acceptors (Lipinski definition) is 2. The van der Waals surface area contributed by atoms with Crippen LogP contribution >= 0.6 is 0 Å². The summed E-state index contributed by atoms with van der Waals surface area (Å²) in [5.74, 6) is 0. The molecule has 0 fully saturated rings. The third kappa shape index (κ3) is 3.85. The molecule has 1 N–H and O–H groups in total. The Kier molecular flexibility index (Phi) is 4.19. The van der Waals surface area contributed by atoms with Gasteiger partial charge in [-0.05, 0) is 25.5 Å². The predicted molar refractivity (Wildman–Crippen MR) is 53.3 cm³/mol. The first kappa shape index (κ1) is 9.93. The Morgan fingerprint density at radius 1 is 1.38 bits per heavy atom. The summed E-state index contributed by atoms with van der Waals surface area (Å²) >= 11 is 0. The van der Waals surface area contributed by atoms with E-state index in [1.54, 1.807) is 6.92 Å². The molecule has 1 aromatic carbocycles. The van der Waals surface area contributed by atoms with Crippen LogP contribution < -0.4 is 5.32 Å². The molecular formula is C11H14NO. The molecule has 13 heavy (non-hydrogen) atoms. The molecule has 0 heterocycles. The van der Waals surface area contributed by atoms with Crippen molar-refractivity contribution in [1.82, 2.24) is 5.32 Å². The third-order valence-corrected chi connectivity index (χ3v) is 1.88. The summed E-state index contributed by atoms with van der Waals surface area (Å²) in [6.07, 6.45) is 2.84. The van der Waals surface area contributed by atoms with Gasteiger partial charge in [-0.2, -0.15) is 0 Å². The van der Waals surface area contributed by atoms with Gasteiger partial charge in [0, 0.05) is 0 Å². The van der Waals surface area contributed by atoms with Crippen molar-refractivity contribution in [3.63, 3.8) is 0 Å². The molecule has 0 saturated carbocycles. The molecule has 1 radical (unpaired) electrons. The maximum atomic E-state index is 10.2. The van der Waals surface area contributed by atoms with E-state index in [0.29, 0.717) is 0 Å². The van der Waals surface area contributed by atoms with Gasteiger partial charge in [0.15, 0.2) is 0 Å². The number of hydrogen-bond donors (Lipinski definition) is 1. The lowest BCUT2D eigenvalue weighted by Gasteiger charge is -2.05. The molecule has 0 amide bonds. The lowest BCUT2D eigenvalue weighted by molar-refractivity contribution is 0.525. The van der Waals surface area contributed by atoms with Crippen molar-refractivity contribution in [1.29, 1.82) is 0 Å². The maximum absolute atomic E-state index is 10.2. The summed E-state index contributed by atoms with van der Waals surface area (Å²) in [5.41, 5.74) is 1.29. The standard InChI is InChI=1S/C11H14NO/c1-10(9-13)12-8-7-11-5-3-2-4-6-11/h2-6,10,12H,7-8H2,1H3. The van der Waals surface area contributed by atoms with Crippen LogP contribution in [-0.4, -0.2) is 18.9 Å². The van der Waals surface area contributed by atoms with Crippen LogP contribution in [0.3, 0.4) is 0 Å². The van der Waals surface area contributed by atoms with Crippen LogP contribution in [0.25, 0.3) is 0 Å². The minimum absolute atomic E-state index is 0.163. The summed E-state index contributed by atoms with van der Waals surface area (Å²) in [4.78, 5) is 10.2. The minimum atomic E-state index is -0.163. The molecule has 2 heteroatoms. The zero-order valence-electron chi connectivity index (χ0n) is 7.79. The highest BCUT2D eigenvalue weighted by atomic mass is 16.1. The van der Waals surface area contributed by atoms with Gasteiger partial charge in [-0.1, -0.05) is 30.3 Å². The fourth-order valence-electron chi connectivity index (χ4n) is 1.12. The van der Waals surface area contributed by atoms with Gasteiger partial charge in [0.2, 0.25) is 6.29 Å². The molecule has 0 aromatic heterocycles. The molecule has 1 aromatic rings. The average Bonchev–Trinajstić information content (AvgIpc) is 2.19. The Morgan fingerprint density at radius 2 is 2.08 bits per heavy atom. The first-order chi connectivity index (χ1) is 6.33. The van der Waals surface area contributed by atoms with E-state index in [0.717, 1.165) is 13.0 Å². The van der Waals surface area contributed by atoms with E-state index in [1.165, 1.54) is 5.56 Å². The van der Waals surface area contributed by atoms with Gasteiger partial charge in [0.05, 0.1) is 6.04 Å². The van der Waals surface area contributed by atoms with Crippen LogP contribution in [-0.2, 0) is 11.2 Å². The lowest BCUT2D eigenvalue weighted by atomic mass is 10.1. The second kappa shape index (κ2) is 5.49. The Bertz CT molecular complexity index is 246. The second-order valence-corrected chi connectivity index (χ2v) is 3.03. The van der Waals surface area contributed by atoms with Gasteiger partial charge in [-0.25, -0.2) is 0 Å². The summed E-state index contributed by atoms with van der Waals surface area (Å²) in [5, 5.41) is 3.06. The van der Waals surface area contributed by atoms with Crippen molar-refractivity contribution in [2.24, 2.45) is 0 Å². The number of benzene rings is 1. The molecule has 1 rings (SSSR count). The molecule has 2 nitrogen and oxygen atoms in total. The Morgan fingerprint density at radius 3 is 2.69 bits per heavy atom. The first-order valence-corrected chi connectivity index (χ1v) is 4.48. The lowest BCUT2D eigenvalue weighted by Crippen LogP contribution is -2.29. The molecule has 0 bridgehead atoms. The fourth-order valence-corrected chi connectivity index (χ4v) is 1.12. The van der Waals surface area contributed by atoms with E-state index in [-0.39, 0.29) is 6.04 Å². The SMILES string of the molecule is CC([C]=O)NCCc1ccccc1. The van der Waals surface area contributed by atoms with E-state index in [1.807, 2.05) is 24.5 Å². The second-order valence-electron chi connectivity index (χ2n) is 3.03. The summed E-state index contributed by atoms with van der Waals surface area (Å²) < 4.78 is 0. The quantitative estimate of drug-likeness (QED) is 0.733. The van der Waals surface area contributed by atoms with Crippen LogP contribution in [0.4, 0.5) is 0 Å². The molecular weight excluding hydrogens is 162 g/mol. The molecule has 0 spiro atoms. The molecule has 0 aliphatic rings. The van der Waals surface area contributed by atoms with Gasteiger partial charge >= 0.3 is 0 Å². The zero-order valence-corrected chi connectivity index (χ0v) is 7.79. The molecule has 69 valence electrons. The van der Waals surface area contributed by atoms with Gasteiger partial charge < -0.3 is 5.32 Å². The van der Waals surface area contributed by atoms with Crippen molar-refractivity contribution >= 4 is 6.29 Å². The topological polar surface area (TPSA) is 29.1 Å². The minimum Gasteiger partial charge on any atom is -0.307 e. The van der Waals surface area contributed by atoms with E-state index < -0.39 is 0 Å². The monoisotopic (exact) mass is 176 g/mol. The van der Waals surface area contributed by atoms with Crippen LogP contribution in [0.1, 0.15) is 12.5 Å². The molecule has 0 aliphatic heterocycles. The van der Waals surface area contributed by atoms with Crippen molar-refractivity contribution < 1.29 is 4.79 Å². The van der Waals surface area contributed by atoms with Crippen molar-refractivity contribution in [3.05, 3.63) is 35.9 Å². The zero-order chi connectivity index (χ0) is 9.52. The van der Waals surface area contributed by atoms with Crippen molar-refractivity contribution in [2.45, 2.75) is 19.4 Å². The van der Waals surface area contributed by atoms with Gasteiger partial charge in [-0.15, -0.1) is 0 Å². The molecule has 1 atom stereocenters. The van der Waals surface area contributed by atoms with Crippen molar-refractivity contribution in [3.8, 4) is 0 Å². The third-order valence-electron chi connectivity index (χ3n) is 1.88. The van der Waals surface area contributed by atoms with Crippen LogP contribution in [0.2, 0.25) is 0 Å².